The van der Waals surface area contributed by atoms with E-state index in [1.165, 1.54) is 18.4 Å². The maximum absolute atomic E-state index is 13.5. The van der Waals surface area contributed by atoms with Crippen molar-refractivity contribution in [3.8, 4) is 22.6 Å². The summed E-state index contributed by atoms with van der Waals surface area (Å²) in [5, 5.41) is 18.9. The normalized spacial score (nSPS) is 16.0. The van der Waals surface area contributed by atoms with E-state index in [1.807, 2.05) is 12.1 Å². The van der Waals surface area contributed by atoms with Gasteiger partial charge in [0.2, 0.25) is 5.91 Å². The monoisotopic (exact) mass is 607 g/mol. The SMILES string of the molecule is COc1ccc2cc1C(=O)NCCCN(C(=O)c1csc([C@@H](N)CC(C)C)n1)CCCC(=O)NCCc1ccc(O)c-2c1. The minimum Gasteiger partial charge on any atom is -0.507 e. The van der Waals surface area contributed by atoms with Crippen molar-refractivity contribution < 1.29 is 24.2 Å². The number of phenolic OH excluding ortho intramolecular Hbond substituents is 1. The topological polar surface area (TPSA) is 147 Å². The molecular formula is C32H41N5O5S. The maximum Gasteiger partial charge on any atom is 0.273 e. The summed E-state index contributed by atoms with van der Waals surface area (Å²) in [6.07, 6.45) is 2.60. The number of amides is 3. The molecule has 3 amide bonds. The molecule has 0 fully saturated rings. The molecule has 2 heterocycles. The van der Waals surface area contributed by atoms with Gasteiger partial charge in [-0.2, -0.15) is 0 Å². The van der Waals surface area contributed by atoms with E-state index in [2.05, 4.69) is 29.5 Å². The number of rotatable bonds is 5. The molecular weight excluding hydrogens is 566 g/mol. The van der Waals surface area contributed by atoms with Crippen molar-refractivity contribution in [3.05, 3.63) is 63.6 Å². The van der Waals surface area contributed by atoms with Crippen molar-refractivity contribution in [1.82, 2.24) is 20.5 Å². The quantitative estimate of drug-likeness (QED) is 0.338. The van der Waals surface area contributed by atoms with Gasteiger partial charge in [-0.3, -0.25) is 14.4 Å². The molecule has 10 nitrogen and oxygen atoms in total. The second kappa shape index (κ2) is 15.0. The molecule has 3 aromatic rings. The molecule has 5 N–H and O–H groups in total. The zero-order chi connectivity index (χ0) is 30.9. The molecule has 1 aromatic heterocycles. The first-order valence-corrected chi connectivity index (χ1v) is 15.6. The van der Waals surface area contributed by atoms with Crippen LogP contribution in [0.2, 0.25) is 0 Å². The largest absolute Gasteiger partial charge is 0.507 e. The van der Waals surface area contributed by atoms with Gasteiger partial charge in [-0.1, -0.05) is 26.0 Å². The lowest BCUT2D eigenvalue weighted by molar-refractivity contribution is -0.121. The molecule has 0 spiro atoms. The average molecular weight is 608 g/mol. The Labute approximate surface area is 256 Å². The first-order chi connectivity index (χ1) is 20.7. The minimum absolute atomic E-state index is 0.0908. The number of nitrogens with two attached hydrogens (primary N) is 1. The second-order valence-corrected chi connectivity index (χ2v) is 12.1. The van der Waals surface area contributed by atoms with Crippen LogP contribution >= 0.6 is 11.3 Å². The maximum atomic E-state index is 13.5. The number of hydrogen-bond donors (Lipinski definition) is 4. The summed E-state index contributed by atoms with van der Waals surface area (Å²) in [6, 6.07) is 10.3. The lowest BCUT2D eigenvalue weighted by atomic mass is 9.98. The predicted molar refractivity (Wildman–Crippen MR) is 167 cm³/mol. The summed E-state index contributed by atoms with van der Waals surface area (Å²) in [7, 11) is 1.50. The number of thiazole rings is 1. The van der Waals surface area contributed by atoms with Crippen molar-refractivity contribution in [2.45, 2.75) is 52.0 Å². The molecule has 0 aliphatic carbocycles. The van der Waals surface area contributed by atoms with Crippen molar-refractivity contribution in [3.63, 3.8) is 0 Å². The van der Waals surface area contributed by atoms with Crippen LogP contribution in [0.25, 0.3) is 11.1 Å². The van der Waals surface area contributed by atoms with Gasteiger partial charge < -0.3 is 31.1 Å². The first kappa shape index (κ1) is 32.0. The number of nitrogens with zero attached hydrogens (tertiary/aromatic N) is 2. The molecule has 0 radical (unpaired) electrons. The number of ether oxygens (including phenoxy) is 1. The number of benzene rings is 2. The minimum atomic E-state index is -0.316. The Morgan fingerprint density at radius 3 is 2.63 bits per heavy atom. The number of hydrogen-bond acceptors (Lipinski definition) is 8. The molecule has 43 heavy (non-hydrogen) atoms. The van der Waals surface area contributed by atoms with Crippen LogP contribution in [0.3, 0.4) is 0 Å². The van der Waals surface area contributed by atoms with Crippen LogP contribution in [-0.4, -0.2) is 66.0 Å². The van der Waals surface area contributed by atoms with Crippen LogP contribution in [-0.2, 0) is 11.2 Å². The number of fused-ring (bicyclic) bond motifs is 5. The third-order valence-corrected chi connectivity index (χ3v) is 8.32. The Hall–Kier alpha value is -3.96. The highest BCUT2D eigenvalue weighted by atomic mass is 32.1. The van der Waals surface area contributed by atoms with Gasteiger partial charge in [0.15, 0.2) is 0 Å². The van der Waals surface area contributed by atoms with E-state index in [0.29, 0.717) is 79.5 Å². The molecule has 4 rings (SSSR count). The number of methoxy groups -OCH3 is 1. The Balaban J connectivity index is 1.54. The van der Waals surface area contributed by atoms with Gasteiger partial charge in [0.25, 0.3) is 11.8 Å². The molecule has 2 aromatic carbocycles. The Morgan fingerprint density at radius 2 is 1.86 bits per heavy atom. The van der Waals surface area contributed by atoms with Gasteiger partial charge in [-0.15, -0.1) is 11.3 Å². The standard InChI is InChI=1S/C32H41N5O5S/c1-20(2)16-25(33)31-36-26(19-43-31)32(41)37-14-4-6-29(39)34-13-11-21-7-9-27(38)23(17-21)22-8-10-28(42-3)24(18-22)30(40)35-12-5-15-37/h7-10,17-20,25,38H,4-6,11-16,33H2,1-3H3,(H,34,39)(H,35,40)/t25-/m0/s1. The molecule has 0 saturated carbocycles. The summed E-state index contributed by atoms with van der Waals surface area (Å²) in [5.41, 5.74) is 9.17. The van der Waals surface area contributed by atoms with E-state index in [4.69, 9.17) is 10.5 Å². The van der Waals surface area contributed by atoms with Gasteiger partial charge in [0.05, 0.1) is 18.7 Å². The third-order valence-electron chi connectivity index (χ3n) is 7.34. The zero-order valence-electron chi connectivity index (χ0n) is 25.0. The van der Waals surface area contributed by atoms with Crippen molar-refractivity contribution in [1.29, 1.82) is 0 Å². The lowest BCUT2D eigenvalue weighted by Crippen LogP contribution is -2.36. The highest BCUT2D eigenvalue weighted by Gasteiger charge is 2.22. The molecule has 230 valence electrons. The van der Waals surface area contributed by atoms with E-state index in [9.17, 15) is 19.5 Å². The summed E-state index contributed by atoms with van der Waals surface area (Å²) >= 11 is 1.39. The van der Waals surface area contributed by atoms with Crippen LogP contribution in [0.5, 0.6) is 11.5 Å². The fourth-order valence-electron chi connectivity index (χ4n) is 5.10. The molecule has 1 aliphatic rings. The van der Waals surface area contributed by atoms with E-state index in [-0.39, 0.29) is 35.9 Å². The van der Waals surface area contributed by atoms with E-state index >= 15 is 0 Å². The Bertz CT molecular complexity index is 1440. The third kappa shape index (κ3) is 8.55. The van der Waals surface area contributed by atoms with E-state index < -0.39 is 0 Å². The smallest absolute Gasteiger partial charge is 0.273 e. The number of phenols is 1. The van der Waals surface area contributed by atoms with Gasteiger partial charge in [0.1, 0.15) is 22.2 Å². The van der Waals surface area contributed by atoms with Crippen molar-refractivity contribution >= 4 is 29.1 Å². The molecule has 0 unspecified atom stereocenters. The Kier molecular flexibility index (Phi) is 11.1. The predicted octanol–water partition coefficient (Wildman–Crippen LogP) is 4.29. The second-order valence-electron chi connectivity index (χ2n) is 11.2. The van der Waals surface area contributed by atoms with Crippen molar-refractivity contribution in [2.24, 2.45) is 11.7 Å². The van der Waals surface area contributed by atoms with Crippen molar-refractivity contribution in [2.75, 3.05) is 33.3 Å². The average Bonchev–Trinajstić information content (AvgIpc) is 3.48. The summed E-state index contributed by atoms with van der Waals surface area (Å²) in [6.45, 7) is 5.70. The Morgan fingerprint density at radius 1 is 1.07 bits per heavy atom. The number of nitrogens with one attached hydrogen (secondary N) is 2. The van der Waals surface area contributed by atoms with E-state index in [1.54, 1.807) is 34.5 Å². The number of carbonyl (C=O) groups is 3. The van der Waals surface area contributed by atoms with Crippen LogP contribution in [0.15, 0.2) is 41.8 Å². The highest BCUT2D eigenvalue weighted by Crippen LogP contribution is 2.33. The number of aromatic hydroxyl groups is 1. The molecule has 4 bridgehead atoms. The highest BCUT2D eigenvalue weighted by molar-refractivity contribution is 7.09. The molecule has 1 atom stereocenters. The summed E-state index contributed by atoms with van der Waals surface area (Å²) in [4.78, 5) is 45.5. The number of aromatic nitrogens is 1. The van der Waals surface area contributed by atoms with Gasteiger partial charge in [0, 0.05) is 43.5 Å². The van der Waals surface area contributed by atoms with Gasteiger partial charge in [-0.25, -0.2) is 4.98 Å². The van der Waals surface area contributed by atoms with Crippen LogP contribution < -0.4 is 21.1 Å². The fraction of sp³-hybridized carbons (Fsp3) is 0.438. The summed E-state index contributed by atoms with van der Waals surface area (Å²) < 4.78 is 5.45. The van der Waals surface area contributed by atoms with Crippen LogP contribution in [0.4, 0.5) is 0 Å². The lowest BCUT2D eigenvalue weighted by Gasteiger charge is -2.22. The van der Waals surface area contributed by atoms with Gasteiger partial charge in [-0.05, 0) is 67.0 Å². The van der Waals surface area contributed by atoms with Crippen LogP contribution in [0, 0.1) is 5.92 Å². The number of carbonyl (C=O) groups excluding carboxylic acids is 3. The van der Waals surface area contributed by atoms with Crippen LogP contribution in [0.1, 0.15) is 77.0 Å². The summed E-state index contributed by atoms with van der Waals surface area (Å²) in [5.74, 6) is 0.292. The van der Waals surface area contributed by atoms with Gasteiger partial charge >= 0.3 is 0 Å². The molecule has 1 aliphatic heterocycles. The first-order valence-electron chi connectivity index (χ1n) is 14.7. The zero-order valence-corrected chi connectivity index (χ0v) is 25.8. The molecule has 11 heteroatoms. The van der Waals surface area contributed by atoms with E-state index in [0.717, 1.165) is 17.0 Å². The fourth-order valence-corrected chi connectivity index (χ4v) is 5.90. The molecule has 0 saturated heterocycles.